The smallest absolute Gasteiger partial charge is 0.357 e. The molecule has 86 valence electrons. The molecule has 1 rings (SSSR count). The lowest BCUT2D eigenvalue weighted by atomic mass is 10.3. The van der Waals surface area contributed by atoms with Gasteiger partial charge >= 0.3 is 6.09 Å². The number of rotatable bonds is 3. The van der Waals surface area contributed by atoms with Crippen LogP contribution in [0.2, 0.25) is 0 Å². The number of oxime groups is 1. The molecule has 0 aromatic carbocycles. The first kappa shape index (κ1) is 12.3. The molecule has 0 unspecified atom stereocenters. The lowest BCUT2D eigenvalue weighted by molar-refractivity contribution is 0.0921. The molecule has 1 amide bonds. The van der Waals surface area contributed by atoms with Gasteiger partial charge in [0.2, 0.25) is 0 Å². The van der Waals surface area contributed by atoms with Crippen LogP contribution >= 0.6 is 11.8 Å². The van der Waals surface area contributed by atoms with Crippen LogP contribution in [-0.4, -0.2) is 29.7 Å². The fraction of sp³-hybridized carbons (Fsp3) is 0.778. The molecule has 0 spiro atoms. The Hall–Kier alpha value is -0.750. The first-order valence-electron chi connectivity index (χ1n) is 4.96. The zero-order valence-electron chi connectivity index (χ0n) is 9.15. The molecule has 6 heteroatoms. The Labute approximate surface area is 93.6 Å². The van der Waals surface area contributed by atoms with E-state index in [2.05, 4.69) is 22.2 Å². The first-order valence-corrected chi connectivity index (χ1v) is 5.84. The third-order valence-corrected chi connectivity index (χ3v) is 3.16. The molecule has 1 saturated heterocycles. The summed E-state index contributed by atoms with van der Waals surface area (Å²) >= 11 is 1.52. The molecule has 5 nitrogen and oxygen atoms in total. The quantitative estimate of drug-likeness (QED) is 0.596. The van der Waals surface area contributed by atoms with E-state index in [0.717, 1.165) is 17.9 Å². The zero-order valence-corrected chi connectivity index (χ0v) is 9.97. The van der Waals surface area contributed by atoms with Gasteiger partial charge in [-0.25, -0.2) is 4.79 Å². The standard InChI is InChI=1S/C9H16N2O3S/c1-4-5-7-13-6(2)8(15-7)11-14-9(12)10-3/h6-7H,4-5H2,1-3H3,(H,10,12)/b11-8+/t6-,7+/m1/s1. The average molecular weight is 232 g/mol. The van der Waals surface area contributed by atoms with Crippen molar-refractivity contribution in [2.75, 3.05) is 7.05 Å². The number of carbonyl (C=O) groups excluding carboxylic acids is 1. The fourth-order valence-electron chi connectivity index (χ4n) is 1.13. The van der Waals surface area contributed by atoms with E-state index in [1.54, 1.807) is 0 Å². The molecule has 0 bridgehead atoms. The number of hydrogen-bond acceptors (Lipinski definition) is 5. The maximum Gasteiger partial charge on any atom is 0.433 e. The first-order chi connectivity index (χ1) is 7.17. The van der Waals surface area contributed by atoms with Gasteiger partial charge in [0.25, 0.3) is 0 Å². The highest BCUT2D eigenvalue weighted by molar-refractivity contribution is 8.14. The number of hydrogen-bond donors (Lipinski definition) is 1. The summed E-state index contributed by atoms with van der Waals surface area (Å²) < 4.78 is 5.60. The molecule has 1 heterocycles. The van der Waals surface area contributed by atoms with E-state index in [0.29, 0.717) is 0 Å². The maximum absolute atomic E-state index is 10.8. The highest BCUT2D eigenvalue weighted by atomic mass is 32.2. The zero-order chi connectivity index (χ0) is 11.3. The van der Waals surface area contributed by atoms with E-state index < -0.39 is 6.09 Å². The molecule has 0 saturated carbocycles. The predicted octanol–water partition coefficient (Wildman–Crippen LogP) is 1.93. The van der Waals surface area contributed by atoms with Gasteiger partial charge in [-0.1, -0.05) is 30.3 Å². The van der Waals surface area contributed by atoms with Crippen LogP contribution in [0.4, 0.5) is 4.79 Å². The number of nitrogens with zero attached hydrogens (tertiary/aromatic N) is 1. The molecular weight excluding hydrogens is 216 g/mol. The SMILES string of the molecule is CCC[C@H]1O[C@H](C)/C(=N\OC(=O)NC)S1. The minimum atomic E-state index is -0.561. The van der Waals surface area contributed by atoms with Gasteiger partial charge in [0.15, 0.2) is 0 Å². The van der Waals surface area contributed by atoms with Gasteiger partial charge in [-0.2, -0.15) is 0 Å². The van der Waals surface area contributed by atoms with E-state index in [4.69, 9.17) is 4.74 Å². The van der Waals surface area contributed by atoms with Crippen molar-refractivity contribution in [3.63, 3.8) is 0 Å². The second-order valence-electron chi connectivity index (χ2n) is 3.17. The summed E-state index contributed by atoms with van der Waals surface area (Å²) in [4.78, 5) is 15.4. The van der Waals surface area contributed by atoms with Gasteiger partial charge in [0.05, 0.1) is 0 Å². The average Bonchev–Trinajstić information content (AvgIpc) is 2.56. The minimum Gasteiger partial charge on any atom is -0.357 e. The topological polar surface area (TPSA) is 59.9 Å². The van der Waals surface area contributed by atoms with E-state index in [-0.39, 0.29) is 11.5 Å². The summed E-state index contributed by atoms with van der Waals surface area (Å²) in [5.74, 6) is 0. The van der Waals surface area contributed by atoms with Gasteiger partial charge in [0, 0.05) is 7.05 Å². The summed E-state index contributed by atoms with van der Waals surface area (Å²) in [5.41, 5.74) is 0.136. The monoisotopic (exact) mass is 232 g/mol. The van der Waals surface area contributed by atoms with Crippen LogP contribution in [0.1, 0.15) is 26.7 Å². The summed E-state index contributed by atoms with van der Waals surface area (Å²) in [7, 11) is 1.49. The number of nitrogens with one attached hydrogen (secondary N) is 1. The van der Waals surface area contributed by atoms with Crippen LogP contribution in [0.5, 0.6) is 0 Å². The molecule has 1 aliphatic rings. The van der Waals surface area contributed by atoms with Crippen LogP contribution in [0, 0.1) is 0 Å². The highest BCUT2D eigenvalue weighted by Gasteiger charge is 2.29. The molecule has 1 N–H and O–H groups in total. The lowest BCUT2D eigenvalue weighted by Crippen LogP contribution is -2.18. The number of carbonyl (C=O) groups is 1. The predicted molar refractivity (Wildman–Crippen MR) is 59.8 cm³/mol. The summed E-state index contributed by atoms with van der Waals surface area (Å²) in [5, 5.41) is 6.79. The Morgan fingerprint density at radius 1 is 1.73 bits per heavy atom. The normalized spacial score (nSPS) is 28.1. The molecule has 0 aromatic rings. The van der Waals surface area contributed by atoms with Crippen molar-refractivity contribution in [2.24, 2.45) is 5.16 Å². The Kier molecular flexibility index (Phi) is 4.90. The Morgan fingerprint density at radius 2 is 2.47 bits per heavy atom. The van der Waals surface area contributed by atoms with Gasteiger partial charge in [-0.05, 0) is 13.3 Å². The van der Waals surface area contributed by atoms with Gasteiger partial charge in [-0.3, -0.25) is 4.84 Å². The Bertz CT molecular complexity index is 258. The van der Waals surface area contributed by atoms with Crippen molar-refractivity contribution < 1.29 is 14.4 Å². The number of ether oxygens (including phenoxy) is 1. The molecular formula is C9H16N2O3S. The van der Waals surface area contributed by atoms with Crippen LogP contribution in [0.25, 0.3) is 0 Å². The summed E-state index contributed by atoms with van der Waals surface area (Å²) in [6.07, 6.45) is 1.40. The van der Waals surface area contributed by atoms with Gasteiger partial charge in [-0.15, -0.1) is 0 Å². The fourth-order valence-corrected chi connectivity index (χ4v) is 2.31. The van der Waals surface area contributed by atoms with Crippen LogP contribution in [-0.2, 0) is 9.57 Å². The lowest BCUT2D eigenvalue weighted by Gasteiger charge is -2.05. The van der Waals surface area contributed by atoms with Crippen LogP contribution in [0.15, 0.2) is 5.16 Å². The number of thioether (sulfide) groups is 1. The van der Waals surface area contributed by atoms with Crippen molar-refractivity contribution >= 4 is 22.9 Å². The second kappa shape index (κ2) is 5.97. The molecule has 2 atom stereocenters. The third kappa shape index (κ3) is 3.71. The molecule has 15 heavy (non-hydrogen) atoms. The Balaban J connectivity index is 2.45. The van der Waals surface area contributed by atoms with Crippen LogP contribution in [0.3, 0.4) is 0 Å². The number of amides is 1. The van der Waals surface area contributed by atoms with E-state index >= 15 is 0 Å². The van der Waals surface area contributed by atoms with E-state index in [1.165, 1.54) is 18.8 Å². The van der Waals surface area contributed by atoms with Crippen molar-refractivity contribution in [1.29, 1.82) is 0 Å². The van der Waals surface area contributed by atoms with E-state index in [1.807, 2.05) is 6.92 Å². The largest absolute Gasteiger partial charge is 0.433 e. The third-order valence-electron chi connectivity index (χ3n) is 1.90. The summed E-state index contributed by atoms with van der Waals surface area (Å²) in [6.45, 7) is 4.00. The van der Waals surface area contributed by atoms with Crippen molar-refractivity contribution in [3.8, 4) is 0 Å². The van der Waals surface area contributed by atoms with Crippen molar-refractivity contribution in [2.45, 2.75) is 38.2 Å². The summed E-state index contributed by atoms with van der Waals surface area (Å²) in [6, 6.07) is 0. The van der Waals surface area contributed by atoms with Crippen molar-refractivity contribution in [1.82, 2.24) is 5.32 Å². The van der Waals surface area contributed by atoms with Gasteiger partial charge in [0.1, 0.15) is 16.6 Å². The Morgan fingerprint density at radius 3 is 3.07 bits per heavy atom. The molecule has 0 radical (unpaired) electrons. The molecule has 0 aliphatic carbocycles. The molecule has 1 aliphatic heterocycles. The highest BCUT2D eigenvalue weighted by Crippen LogP contribution is 2.30. The van der Waals surface area contributed by atoms with Crippen LogP contribution < -0.4 is 5.32 Å². The van der Waals surface area contributed by atoms with Gasteiger partial charge < -0.3 is 10.1 Å². The molecule has 0 aromatic heterocycles. The molecule has 1 fully saturated rings. The van der Waals surface area contributed by atoms with Crippen molar-refractivity contribution in [3.05, 3.63) is 0 Å². The van der Waals surface area contributed by atoms with E-state index in [9.17, 15) is 4.79 Å². The maximum atomic E-state index is 10.8. The second-order valence-corrected chi connectivity index (χ2v) is 4.35. The minimum absolute atomic E-state index is 0.0868.